The van der Waals surface area contributed by atoms with Crippen LogP contribution >= 0.6 is 51.8 Å². The highest BCUT2D eigenvalue weighted by molar-refractivity contribution is 9.10. The smallest absolute Gasteiger partial charge is 0.0499 e. The minimum absolute atomic E-state index is 0.630. The molecule has 82 valence electrons. The third-order valence-corrected chi connectivity index (χ3v) is 3.59. The largest absolute Gasteiger partial charge is 0.143 e. The van der Waals surface area contributed by atoms with Gasteiger partial charge in [0.05, 0.1) is 0 Å². The molecule has 2 aromatic rings. The Morgan fingerprint density at radius 1 is 0.938 bits per heavy atom. The van der Waals surface area contributed by atoms with Crippen molar-refractivity contribution in [3.8, 4) is 11.1 Å². The molecule has 0 amide bonds. The molecule has 0 atom stereocenters. The van der Waals surface area contributed by atoms with E-state index in [2.05, 4.69) is 28.6 Å². The first-order valence-electron chi connectivity index (χ1n) is 4.52. The quantitative estimate of drug-likeness (QED) is 0.635. The monoisotopic (exact) mass is 332 g/mol. The Balaban J connectivity index is 2.59. The number of hydrogen-bond donors (Lipinski definition) is 1. The summed E-state index contributed by atoms with van der Waals surface area (Å²) >= 11 is 19.8. The molecule has 0 fully saturated rings. The highest BCUT2D eigenvalue weighted by Crippen LogP contribution is 2.35. The molecule has 0 aliphatic heterocycles. The van der Waals surface area contributed by atoms with Gasteiger partial charge in [-0.1, -0.05) is 51.3 Å². The molecule has 0 bridgehead atoms. The lowest BCUT2D eigenvalue weighted by molar-refractivity contribution is 1.43. The van der Waals surface area contributed by atoms with Gasteiger partial charge in [-0.15, -0.1) is 12.6 Å². The topological polar surface area (TPSA) is 0 Å². The molecular weight excluding hydrogens is 327 g/mol. The molecule has 0 unspecified atom stereocenters. The molecule has 0 aliphatic rings. The van der Waals surface area contributed by atoms with Crippen LogP contribution in [0.15, 0.2) is 45.8 Å². The Labute approximate surface area is 118 Å². The van der Waals surface area contributed by atoms with Crippen LogP contribution in [0.2, 0.25) is 10.0 Å². The highest BCUT2D eigenvalue weighted by Gasteiger charge is 2.07. The maximum atomic E-state index is 6.15. The summed E-state index contributed by atoms with van der Waals surface area (Å²) in [6.45, 7) is 0. The summed E-state index contributed by atoms with van der Waals surface area (Å²) in [6.07, 6.45) is 0. The van der Waals surface area contributed by atoms with Crippen molar-refractivity contribution in [3.63, 3.8) is 0 Å². The van der Waals surface area contributed by atoms with Crippen LogP contribution in [0.1, 0.15) is 0 Å². The van der Waals surface area contributed by atoms with Crippen LogP contribution in [0.3, 0.4) is 0 Å². The maximum absolute atomic E-state index is 6.15. The van der Waals surface area contributed by atoms with Gasteiger partial charge in [0, 0.05) is 25.0 Å². The molecule has 0 nitrogen and oxygen atoms in total. The maximum Gasteiger partial charge on any atom is 0.0499 e. The van der Waals surface area contributed by atoms with Gasteiger partial charge >= 0.3 is 0 Å². The zero-order chi connectivity index (χ0) is 11.7. The molecule has 0 saturated heterocycles. The third kappa shape index (κ3) is 2.57. The van der Waals surface area contributed by atoms with Gasteiger partial charge < -0.3 is 0 Å². The van der Waals surface area contributed by atoms with E-state index >= 15 is 0 Å². The zero-order valence-electron chi connectivity index (χ0n) is 8.05. The van der Waals surface area contributed by atoms with Crippen LogP contribution < -0.4 is 0 Å². The first kappa shape index (κ1) is 12.3. The Kier molecular flexibility index (Phi) is 3.85. The van der Waals surface area contributed by atoms with Crippen molar-refractivity contribution in [2.75, 3.05) is 0 Å². The van der Waals surface area contributed by atoms with Crippen LogP contribution in [0.25, 0.3) is 11.1 Å². The SMILES string of the molecule is Sc1cc(Br)ccc1-c1ccc(Cl)cc1Cl. The second-order valence-corrected chi connectivity index (χ2v) is 5.53. The van der Waals surface area contributed by atoms with E-state index in [0.717, 1.165) is 20.5 Å². The Morgan fingerprint density at radius 2 is 1.62 bits per heavy atom. The highest BCUT2D eigenvalue weighted by atomic mass is 79.9. The van der Waals surface area contributed by atoms with Crippen molar-refractivity contribution in [2.24, 2.45) is 0 Å². The van der Waals surface area contributed by atoms with Crippen molar-refractivity contribution >= 4 is 51.8 Å². The van der Waals surface area contributed by atoms with Gasteiger partial charge in [0.2, 0.25) is 0 Å². The molecule has 0 aromatic heterocycles. The van der Waals surface area contributed by atoms with E-state index in [1.165, 1.54) is 0 Å². The summed E-state index contributed by atoms with van der Waals surface area (Å²) in [4.78, 5) is 0.874. The van der Waals surface area contributed by atoms with Crippen LogP contribution in [-0.4, -0.2) is 0 Å². The van der Waals surface area contributed by atoms with Crippen molar-refractivity contribution in [1.29, 1.82) is 0 Å². The van der Waals surface area contributed by atoms with Gasteiger partial charge in [0.15, 0.2) is 0 Å². The van der Waals surface area contributed by atoms with Crippen LogP contribution in [0, 0.1) is 0 Å². The van der Waals surface area contributed by atoms with Crippen molar-refractivity contribution in [2.45, 2.75) is 4.90 Å². The molecule has 2 rings (SSSR count). The van der Waals surface area contributed by atoms with E-state index < -0.39 is 0 Å². The molecular formula is C12H7BrCl2S. The molecule has 0 saturated carbocycles. The number of rotatable bonds is 1. The van der Waals surface area contributed by atoms with Crippen LogP contribution in [0.4, 0.5) is 0 Å². The first-order valence-corrected chi connectivity index (χ1v) is 6.51. The second-order valence-electron chi connectivity index (χ2n) is 3.29. The number of halogens is 3. The van der Waals surface area contributed by atoms with Gasteiger partial charge in [-0.05, 0) is 29.8 Å². The predicted octanol–water partition coefficient (Wildman–Crippen LogP) is 5.71. The minimum atomic E-state index is 0.630. The predicted molar refractivity (Wildman–Crippen MR) is 76.9 cm³/mol. The average Bonchev–Trinajstić information content (AvgIpc) is 2.19. The zero-order valence-corrected chi connectivity index (χ0v) is 12.0. The molecule has 16 heavy (non-hydrogen) atoms. The number of thiol groups is 1. The van der Waals surface area contributed by atoms with E-state index in [1.54, 1.807) is 6.07 Å². The van der Waals surface area contributed by atoms with E-state index in [9.17, 15) is 0 Å². The Bertz CT molecular complexity index is 491. The van der Waals surface area contributed by atoms with Gasteiger partial charge in [-0.25, -0.2) is 0 Å². The van der Waals surface area contributed by atoms with E-state index in [0.29, 0.717) is 10.0 Å². The van der Waals surface area contributed by atoms with E-state index in [-0.39, 0.29) is 0 Å². The van der Waals surface area contributed by atoms with Crippen LogP contribution in [0.5, 0.6) is 0 Å². The standard InChI is InChI=1S/C12H7BrCl2S/c13-7-1-3-10(12(16)5-7)9-4-2-8(14)6-11(9)15/h1-6,16H. The lowest BCUT2D eigenvalue weighted by Gasteiger charge is -2.08. The summed E-state index contributed by atoms with van der Waals surface area (Å²) in [5.74, 6) is 0. The van der Waals surface area contributed by atoms with Gasteiger partial charge in [0.25, 0.3) is 0 Å². The number of benzene rings is 2. The summed E-state index contributed by atoms with van der Waals surface area (Å²) in [6, 6.07) is 11.3. The Morgan fingerprint density at radius 3 is 2.25 bits per heavy atom. The van der Waals surface area contributed by atoms with Gasteiger partial charge in [-0.3, -0.25) is 0 Å². The van der Waals surface area contributed by atoms with Crippen molar-refractivity contribution < 1.29 is 0 Å². The third-order valence-electron chi connectivity index (χ3n) is 2.18. The lowest BCUT2D eigenvalue weighted by Crippen LogP contribution is -1.82. The van der Waals surface area contributed by atoms with Gasteiger partial charge in [0.1, 0.15) is 0 Å². The molecule has 0 N–H and O–H groups in total. The molecule has 0 heterocycles. The van der Waals surface area contributed by atoms with Crippen molar-refractivity contribution in [1.82, 2.24) is 0 Å². The minimum Gasteiger partial charge on any atom is -0.143 e. The normalized spacial score (nSPS) is 10.5. The molecule has 0 radical (unpaired) electrons. The molecule has 2 aromatic carbocycles. The average molecular weight is 334 g/mol. The summed E-state index contributed by atoms with van der Waals surface area (Å²) in [7, 11) is 0. The van der Waals surface area contributed by atoms with E-state index in [4.69, 9.17) is 23.2 Å². The van der Waals surface area contributed by atoms with Gasteiger partial charge in [-0.2, -0.15) is 0 Å². The molecule has 0 spiro atoms. The summed E-state index contributed by atoms with van der Waals surface area (Å²) < 4.78 is 0.992. The first-order chi connectivity index (χ1) is 7.58. The number of hydrogen-bond acceptors (Lipinski definition) is 1. The fourth-order valence-electron chi connectivity index (χ4n) is 1.44. The fourth-order valence-corrected chi connectivity index (χ4v) is 2.82. The summed E-state index contributed by atoms with van der Waals surface area (Å²) in [5.41, 5.74) is 1.93. The lowest BCUT2D eigenvalue weighted by atomic mass is 10.1. The van der Waals surface area contributed by atoms with E-state index in [1.807, 2.05) is 30.3 Å². The van der Waals surface area contributed by atoms with Crippen LogP contribution in [-0.2, 0) is 0 Å². The Hall–Kier alpha value is -0.150. The fraction of sp³-hybridized carbons (Fsp3) is 0. The van der Waals surface area contributed by atoms with Crippen molar-refractivity contribution in [3.05, 3.63) is 50.9 Å². The molecule has 0 aliphatic carbocycles. The second kappa shape index (κ2) is 5.01. The molecule has 4 heteroatoms. The summed E-state index contributed by atoms with van der Waals surface area (Å²) in [5, 5.41) is 1.26.